The fourth-order valence-electron chi connectivity index (χ4n) is 3.05. The molecule has 1 aromatic carbocycles. The van der Waals surface area contributed by atoms with Crippen LogP contribution in [-0.4, -0.2) is 54.5 Å². The molecule has 1 aliphatic heterocycles. The van der Waals surface area contributed by atoms with Crippen LogP contribution in [0.25, 0.3) is 0 Å². The van der Waals surface area contributed by atoms with Crippen molar-refractivity contribution in [1.29, 1.82) is 0 Å². The maximum absolute atomic E-state index is 12.4. The average molecular weight is 404 g/mol. The molecule has 4 amide bonds. The van der Waals surface area contributed by atoms with Gasteiger partial charge in [0.1, 0.15) is 6.04 Å². The number of benzene rings is 1. The average Bonchev–Trinajstić information content (AvgIpc) is 2.70. The van der Waals surface area contributed by atoms with E-state index in [9.17, 15) is 19.2 Å². The first-order valence-corrected chi connectivity index (χ1v) is 9.64. The van der Waals surface area contributed by atoms with E-state index in [1.165, 1.54) is 0 Å². The SMILES string of the molecule is CC(C)[C@@H](NC(=O)Nc1ccccc1)C(=O)OCC(=O)N1CCC(C(N)=O)CC1. The van der Waals surface area contributed by atoms with Crippen LogP contribution in [0, 0.1) is 11.8 Å². The van der Waals surface area contributed by atoms with E-state index < -0.39 is 24.6 Å². The van der Waals surface area contributed by atoms with Crippen molar-refractivity contribution >= 4 is 29.5 Å². The molecule has 0 aliphatic carbocycles. The Labute approximate surface area is 169 Å². The summed E-state index contributed by atoms with van der Waals surface area (Å²) in [7, 11) is 0. The van der Waals surface area contributed by atoms with Gasteiger partial charge in [0, 0.05) is 24.7 Å². The molecule has 1 saturated heterocycles. The van der Waals surface area contributed by atoms with Crippen LogP contribution in [0.1, 0.15) is 26.7 Å². The minimum absolute atomic E-state index is 0.223. The van der Waals surface area contributed by atoms with Crippen molar-refractivity contribution in [1.82, 2.24) is 10.2 Å². The lowest BCUT2D eigenvalue weighted by atomic mass is 9.96. The van der Waals surface area contributed by atoms with Gasteiger partial charge in [-0.05, 0) is 30.9 Å². The van der Waals surface area contributed by atoms with Crippen molar-refractivity contribution in [3.05, 3.63) is 30.3 Å². The molecule has 1 fully saturated rings. The van der Waals surface area contributed by atoms with Crippen molar-refractivity contribution in [3.63, 3.8) is 0 Å². The summed E-state index contributed by atoms with van der Waals surface area (Å²) in [6.45, 7) is 3.92. The van der Waals surface area contributed by atoms with E-state index in [1.807, 2.05) is 6.07 Å². The number of carbonyl (C=O) groups excluding carboxylic acids is 4. The first-order valence-electron chi connectivity index (χ1n) is 9.64. The molecule has 0 bridgehead atoms. The number of para-hydroxylation sites is 1. The zero-order valence-corrected chi connectivity index (χ0v) is 16.7. The maximum Gasteiger partial charge on any atom is 0.329 e. The smallest absolute Gasteiger partial charge is 0.329 e. The molecule has 1 aromatic rings. The summed E-state index contributed by atoms with van der Waals surface area (Å²) in [6.07, 6.45) is 1.01. The molecule has 0 radical (unpaired) electrons. The van der Waals surface area contributed by atoms with Crippen LogP contribution in [-0.2, 0) is 19.1 Å². The molecular weight excluding hydrogens is 376 g/mol. The van der Waals surface area contributed by atoms with Gasteiger partial charge in [0.15, 0.2) is 6.61 Å². The van der Waals surface area contributed by atoms with E-state index in [1.54, 1.807) is 43.0 Å². The number of amides is 4. The van der Waals surface area contributed by atoms with Crippen LogP contribution in [0.4, 0.5) is 10.5 Å². The Hall–Kier alpha value is -3.10. The predicted molar refractivity (Wildman–Crippen MR) is 107 cm³/mol. The third-order valence-corrected chi connectivity index (χ3v) is 4.83. The third-order valence-electron chi connectivity index (χ3n) is 4.83. The molecule has 4 N–H and O–H groups in total. The number of nitrogens with zero attached hydrogens (tertiary/aromatic N) is 1. The van der Waals surface area contributed by atoms with E-state index in [-0.39, 0.29) is 23.7 Å². The molecule has 158 valence electrons. The van der Waals surface area contributed by atoms with Crippen molar-refractivity contribution in [2.24, 2.45) is 17.6 Å². The lowest BCUT2D eigenvalue weighted by molar-refractivity contribution is -0.155. The number of esters is 1. The second kappa shape index (κ2) is 10.4. The number of primary amides is 1. The van der Waals surface area contributed by atoms with Gasteiger partial charge in [-0.1, -0.05) is 32.0 Å². The Morgan fingerprint density at radius 2 is 1.76 bits per heavy atom. The van der Waals surface area contributed by atoms with Crippen molar-refractivity contribution in [2.45, 2.75) is 32.7 Å². The zero-order chi connectivity index (χ0) is 21.4. The van der Waals surface area contributed by atoms with Gasteiger partial charge < -0.3 is 26.0 Å². The standard InChI is InChI=1S/C20H28N4O5/c1-13(2)17(23-20(28)22-15-6-4-3-5-7-15)19(27)29-12-16(25)24-10-8-14(9-11-24)18(21)26/h3-7,13-14,17H,8-12H2,1-2H3,(H2,21,26)(H2,22,23,28)/t17-/m1/s1. The molecule has 0 spiro atoms. The molecule has 0 aromatic heterocycles. The zero-order valence-electron chi connectivity index (χ0n) is 16.7. The quantitative estimate of drug-likeness (QED) is 0.586. The van der Waals surface area contributed by atoms with Crippen molar-refractivity contribution in [2.75, 3.05) is 25.0 Å². The molecule has 1 atom stereocenters. The van der Waals surface area contributed by atoms with E-state index >= 15 is 0 Å². The van der Waals surface area contributed by atoms with Gasteiger partial charge in [-0.25, -0.2) is 9.59 Å². The van der Waals surface area contributed by atoms with Crippen LogP contribution in [0.15, 0.2) is 30.3 Å². The third kappa shape index (κ3) is 6.78. The second-order valence-electron chi connectivity index (χ2n) is 7.35. The van der Waals surface area contributed by atoms with E-state index in [2.05, 4.69) is 10.6 Å². The molecule has 1 aliphatic rings. The molecule has 29 heavy (non-hydrogen) atoms. The Morgan fingerprint density at radius 3 is 2.31 bits per heavy atom. The summed E-state index contributed by atoms with van der Waals surface area (Å²) in [5.41, 5.74) is 5.88. The van der Waals surface area contributed by atoms with Crippen LogP contribution in [0.2, 0.25) is 0 Å². The highest BCUT2D eigenvalue weighted by atomic mass is 16.5. The summed E-state index contributed by atoms with van der Waals surface area (Å²) >= 11 is 0. The Bertz CT molecular complexity index is 730. The number of hydrogen-bond donors (Lipinski definition) is 3. The van der Waals surface area contributed by atoms with E-state index in [4.69, 9.17) is 10.5 Å². The van der Waals surface area contributed by atoms with Gasteiger partial charge in [-0.3, -0.25) is 9.59 Å². The molecule has 2 rings (SSSR count). The van der Waals surface area contributed by atoms with E-state index in [0.717, 1.165) is 0 Å². The summed E-state index contributed by atoms with van der Waals surface area (Å²) in [5.74, 6) is -1.83. The van der Waals surface area contributed by atoms with Crippen LogP contribution in [0.5, 0.6) is 0 Å². The minimum Gasteiger partial charge on any atom is -0.454 e. The van der Waals surface area contributed by atoms with Crippen molar-refractivity contribution in [3.8, 4) is 0 Å². The number of ether oxygens (including phenoxy) is 1. The number of nitrogens with one attached hydrogen (secondary N) is 2. The van der Waals surface area contributed by atoms with Gasteiger partial charge in [0.05, 0.1) is 0 Å². The van der Waals surface area contributed by atoms with Gasteiger partial charge in [-0.2, -0.15) is 0 Å². The van der Waals surface area contributed by atoms with Gasteiger partial charge in [0.25, 0.3) is 5.91 Å². The highest BCUT2D eigenvalue weighted by Crippen LogP contribution is 2.17. The second-order valence-corrected chi connectivity index (χ2v) is 7.35. The number of hydrogen-bond acceptors (Lipinski definition) is 5. The number of likely N-dealkylation sites (tertiary alicyclic amines) is 1. The van der Waals surface area contributed by atoms with Crippen LogP contribution >= 0.6 is 0 Å². The highest BCUT2D eigenvalue weighted by molar-refractivity contribution is 5.93. The number of anilines is 1. The lowest BCUT2D eigenvalue weighted by Crippen LogP contribution is -2.48. The molecule has 1 heterocycles. The number of nitrogens with two attached hydrogens (primary N) is 1. The first kappa shape index (κ1) is 22.2. The normalized spacial score (nSPS) is 15.5. The summed E-state index contributed by atoms with van der Waals surface area (Å²) in [6, 6.07) is 7.40. The topological polar surface area (TPSA) is 131 Å². The largest absolute Gasteiger partial charge is 0.454 e. The van der Waals surface area contributed by atoms with Gasteiger partial charge >= 0.3 is 12.0 Å². The molecular formula is C20H28N4O5. The highest BCUT2D eigenvalue weighted by Gasteiger charge is 2.29. The number of urea groups is 1. The van der Waals surface area contributed by atoms with Gasteiger partial charge in [-0.15, -0.1) is 0 Å². The Kier molecular flexibility index (Phi) is 7.99. The summed E-state index contributed by atoms with van der Waals surface area (Å²) < 4.78 is 5.14. The van der Waals surface area contributed by atoms with Gasteiger partial charge in [0.2, 0.25) is 5.91 Å². The summed E-state index contributed by atoms with van der Waals surface area (Å²) in [5, 5.41) is 5.23. The summed E-state index contributed by atoms with van der Waals surface area (Å²) in [4.78, 5) is 49.6. The number of rotatable bonds is 7. The molecule has 0 saturated carbocycles. The molecule has 9 heteroatoms. The Balaban J connectivity index is 1.82. The van der Waals surface area contributed by atoms with Crippen LogP contribution in [0.3, 0.4) is 0 Å². The number of carbonyl (C=O) groups is 4. The maximum atomic E-state index is 12.4. The Morgan fingerprint density at radius 1 is 1.14 bits per heavy atom. The monoisotopic (exact) mass is 404 g/mol. The lowest BCUT2D eigenvalue weighted by Gasteiger charge is -2.30. The minimum atomic E-state index is -0.896. The van der Waals surface area contributed by atoms with Crippen LogP contribution < -0.4 is 16.4 Å². The van der Waals surface area contributed by atoms with Crippen molar-refractivity contribution < 1.29 is 23.9 Å². The molecule has 0 unspecified atom stereocenters. The fraction of sp³-hybridized carbons (Fsp3) is 0.500. The fourth-order valence-corrected chi connectivity index (χ4v) is 3.05. The number of piperidine rings is 1. The first-order chi connectivity index (χ1) is 13.8. The van der Waals surface area contributed by atoms with E-state index in [0.29, 0.717) is 31.6 Å². The molecule has 9 nitrogen and oxygen atoms in total. The predicted octanol–water partition coefficient (Wildman–Crippen LogP) is 1.10.